The normalized spacial score (nSPS) is 12.2. The Labute approximate surface area is 131 Å². The summed E-state index contributed by atoms with van der Waals surface area (Å²) in [5.41, 5.74) is 5.36. The van der Waals surface area contributed by atoms with Crippen molar-refractivity contribution < 1.29 is 4.52 Å². The van der Waals surface area contributed by atoms with Gasteiger partial charge in [0.2, 0.25) is 0 Å². The molecule has 0 aliphatic carbocycles. The predicted octanol–water partition coefficient (Wildman–Crippen LogP) is 5.21. The van der Waals surface area contributed by atoms with E-state index in [4.69, 9.17) is 16.1 Å². The van der Waals surface area contributed by atoms with Crippen molar-refractivity contribution in [3.8, 4) is 11.1 Å². The molecule has 0 amide bonds. The minimum atomic E-state index is 0.230. The standard InChI is InChI=1S/C17H21ClN2O/c1-10-6-7-15(17-13(4)20-21-14(17)5)9-16(10)19-12(3)8-11(2)18/h6-7,9,12,19H,2,8H2,1,3-5H3. The zero-order valence-electron chi connectivity index (χ0n) is 13.0. The summed E-state index contributed by atoms with van der Waals surface area (Å²) < 4.78 is 5.25. The second kappa shape index (κ2) is 6.35. The fraction of sp³-hybridized carbons (Fsp3) is 0.353. The van der Waals surface area contributed by atoms with Crippen molar-refractivity contribution in [1.82, 2.24) is 5.16 Å². The van der Waals surface area contributed by atoms with Gasteiger partial charge in [0.1, 0.15) is 5.76 Å². The van der Waals surface area contributed by atoms with Crippen LogP contribution >= 0.6 is 11.6 Å². The van der Waals surface area contributed by atoms with E-state index < -0.39 is 0 Å². The summed E-state index contributed by atoms with van der Waals surface area (Å²) in [6.07, 6.45) is 0.733. The van der Waals surface area contributed by atoms with Gasteiger partial charge in [0, 0.05) is 28.7 Å². The van der Waals surface area contributed by atoms with Gasteiger partial charge in [-0.25, -0.2) is 0 Å². The maximum Gasteiger partial charge on any atom is 0.141 e. The second-order valence-corrected chi connectivity index (χ2v) is 6.03. The van der Waals surface area contributed by atoms with Gasteiger partial charge in [0.25, 0.3) is 0 Å². The van der Waals surface area contributed by atoms with Crippen molar-refractivity contribution in [2.45, 2.75) is 40.2 Å². The number of hydrogen-bond donors (Lipinski definition) is 1. The number of hydrogen-bond acceptors (Lipinski definition) is 3. The van der Waals surface area contributed by atoms with Gasteiger partial charge in [-0.15, -0.1) is 0 Å². The van der Waals surface area contributed by atoms with Crippen molar-refractivity contribution in [3.63, 3.8) is 0 Å². The number of aromatic nitrogens is 1. The van der Waals surface area contributed by atoms with E-state index in [0.29, 0.717) is 5.03 Å². The Morgan fingerprint density at radius 2 is 2.10 bits per heavy atom. The molecule has 21 heavy (non-hydrogen) atoms. The van der Waals surface area contributed by atoms with E-state index in [0.717, 1.165) is 34.7 Å². The van der Waals surface area contributed by atoms with Crippen LogP contribution in [0.15, 0.2) is 34.3 Å². The molecule has 0 radical (unpaired) electrons. The van der Waals surface area contributed by atoms with Crippen LogP contribution in [-0.4, -0.2) is 11.2 Å². The summed E-state index contributed by atoms with van der Waals surface area (Å²) in [6.45, 7) is 11.8. The first-order chi connectivity index (χ1) is 9.88. The van der Waals surface area contributed by atoms with Crippen LogP contribution in [0.3, 0.4) is 0 Å². The van der Waals surface area contributed by atoms with Crippen molar-refractivity contribution in [2.75, 3.05) is 5.32 Å². The minimum absolute atomic E-state index is 0.230. The molecule has 0 saturated carbocycles. The minimum Gasteiger partial charge on any atom is -0.382 e. The number of nitrogens with zero attached hydrogens (tertiary/aromatic N) is 1. The van der Waals surface area contributed by atoms with Gasteiger partial charge < -0.3 is 9.84 Å². The first kappa shape index (κ1) is 15.6. The maximum absolute atomic E-state index is 5.88. The van der Waals surface area contributed by atoms with Crippen LogP contribution in [0.5, 0.6) is 0 Å². The van der Waals surface area contributed by atoms with E-state index in [1.54, 1.807) is 0 Å². The highest BCUT2D eigenvalue weighted by molar-refractivity contribution is 6.29. The molecule has 1 atom stereocenters. The molecule has 1 N–H and O–H groups in total. The predicted molar refractivity (Wildman–Crippen MR) is 88.8 cm³/mol. The van der Waals surface area contributed by atoms with Gasteiger partial charge >= 0.3 is 0 Å². The summed E-state index contributed by atoms with van der Waals surface area (Å²) in [5, 5.41) is 8.17. The number of nitrogens with one attached hydrogen (secondary N) is 1. The fourth-order valence-corrected chi connectivity index (χ4v) is 2.71. The van der Waals surface area contributed by atoms with Crippen LogP contribution in [0.1, 0.15) is 30.4 Å². The number of aryl methyl sites for hydroxylation is 3. The summed E-state index contributed by atoms with van der Waals surface area (Å²) in [6, 6.07) is 6.56. The molecule has 1 unspecified atom stereocenters. The molecule has 0 spiro atoms. The lowest BCUT2D eigenvalue weighted by Gasteiger charge is -2.17. The molecule has 1 aromatic heterocycles. The van der Waals surface area contributed by atoms with Crippen LogP contribution in [0.2, 0.25) is 0 Å². The van der Waals surface area contributed by atoms with Gasteiger partial charge in [-0.3, -0.25) is 0 Å². The van der Waals surface area contributed by atoms with E-state index in [2.05, 4.69) is 49.1 Å². The van der Waals surface area contributed by atoms with E-state index in [1.165, 1.54) is 5.56 Å². The molecule has 2 rings (SSSR count). The molecule has 4 heteroatoms. The summed E-state index contributed by atoms with van der Waals surface area (Å²) in [7, 11) is 0. The van der Waals surface area contributed by atoms with Gasteiger partial charge in [-0.2, -0.15) is 0 Å². The molecule has 0 aliphatic heterocycles. The monoisotopic (exact) mass is 304 g/mol. The van der Waals surface area contributed by atoms with E-state index in [9.17, 15) is 0 Å². The highest BCUT2D eigenvalue weighted by Crippen LogP contribution is 2.30. The van der Waals surface area contributed by atoms with Gasteiger partial charge in [-0.05, 0) is 44.9 Å². The molecule has 1 heterocycles. The van der Waals surface area contributed by atoms with Crippen LogP contribution in [0, 0.1) is 20.8 Å². The largest absolute Gasteiger partial charge is 0.382 e. The van der Waals surface area contributed by atoms with Crippen molar-refractivity contribution >= 4 is 17.3 Å². The highest BCUT2D eigenvalue weighted by atomic mass is 35.5. The molecule has 0 aliphatic rings. The lowest BCUT2D eigenvalue weighted by Crippen LogP contribution is -2.15. The van der Waals surface area contributed by atoms with E-state index in [-0.39, 0.29) is 6.04 Å². The van der Waals surface area contributed by atoms with Gasteiger partial charge in [0.15, 0.2) is 0 Å². The topological polar surface area (TPSA) is 38.1 Å². The first-order valence-electron chi connectivity index (χ1n) is 7.02. The summed E-state index contributed by atoms with van der Waals surface area (Å²) in [4.78, 5) is 0. The third-order valence-corrected chi connectivity index (χ3v) is 3.64. The molecule has 0 fully saturated rings. The average molecular weight is 305 g/mol. The first-order valence-corrected chi connectivity index (χ1v) is 7.40. The Bertz CT molecular complexity index is 641. The number of rotatable bonds is 5. The third kappa shape index (κ3) is 3.67. The fourth-order valence-electron chi connectivity index (χ4n) is 2.48. The molecular weight excluding hydrogens is 284 g/mol. The SMILES string of the molecule is C=C(Cl)CC(C)Nc1cc(-c2c(C)noc2C)ccc1C. The Hall–Kier alpha value is -1.74. The third-order valence-electron chi connectivity index (χ3n) is 3.49. The molecule has 0 saturated heterocycles. The van der Waals surface area contributed by atoms with Crippen LogP contribution in [0.25, 0.3) is 11.1 Å². The summed E-state index contributed by atoms with van der Waals surface area (Å²) in [5.74, 6) is 0.837. The zero-order valence-corrected chi connectivity index (χ0v) is 13.7. The van der Waals surface area contributed by atoms with Crippen molar-refractivity contribution in [3.05, 3.63) is 46.8 Å². The van der Waals surface area contributed by atoms with Crippen LogP contribution in [-0.2, 0) is 0 Å². The highest BCUT2D eigenvalue weighted by Gasteiger charge is 2.13. The smallest absolute Gasteiger partial charge is 0.141 e. The van der Waals surface area contributed by atoms with Crippen molar-refractivity contribution in [2.24, 2.45) is 0 Å². The molecule has 3 nitrogen and oxygen atoms in total. The Balaban J connectivity index is 2.32. The Morgan fingerprint density at radius 1 is 1.38 bits per heavy atom. The number of halogens is 1. The number of benzene rings is 1. The molecule has 2 aromatic rings. The van der Waals surface area contributed by atoms with Crippen LogP contribution in [0.4, 0.5) is 5.69 Å². The van der Waals surface area contributed by atoms with E-state index >= 15 is 0 Å². The lowest BCUT2D eigenvalue weighted by atomic mass is 10.0. The molecule has 0 bridgehead atoms. The second-order valence-electron chi connectivity index (χ2n) is 5.50. The molecule has 112 valence electrons. The maximum atomic E-state index is 5.88. The quantitative estimate of drug-likeness (QED) is 0.824. The Morgan fingerprint density at radius 3 is 2.67 bits per heavy atom. The van der Waals surface area contributed by atoms with Crippen LogP contribution < -0.4 is 5.32 Å². The average Bonchev–Trinajstić information content (AvgIpc) is 2.71. The molecule has 1 aromatic carbocycles. The van der Waals surface area contributed by atoms with Gasteiger partial charge in [-0.1, -0.05) is 35.5 Å². The zero-order chi connectivity index (χ0) is 15.6. The Kier molecular flexibility index (Phi) is 4.73. The van der Waals surface area contributed by atoms with Crippen molar-refractivity contribution in [1.29, 1.82) is 0 Å². The summed E-state index contributed by atoms with van der Waals surface area (Å²) >= 11 is 5.88. The lowest BCUT2D eigenvalue weighted by molar-refractivity contribution is 0.393. The van der Waals surface area contributed by atoms with Gasteiger partial charge in [0.05, 0.1) is 5.69 Å². The molecular formula is C17H21ClN2O. The van der Waals surface area contributed by atoms with E-state index in [1.807, 2.05) is 13.8 Å². The number of anilines is 1.